The Kier molecular flexibility index (Phi) is 20.0. The van der Waals surface area contributed by atoms with Gasteiger partial charge >= 0.3 is 35.8 Å². The third-order valence-corrected chi connectivity index (χ3v) is 11.2. The van der Waals surface area contributed by atoms with Crippen LogP contribution in [0.5, 0.6) is 0 Å². The monoisotopic (exact) mass is 952 g/mol. The number of aliphatic hydroxyl groups excluding tert-OH is 1. The van der Waals surface area contributed by atoms with Crippen LogP contribution in [0.4, 0.5) is 0 Å². The summed E-state index contributed by atoms with van der Waals surface area (Å²) in [7, 11) is 2.39. The first kappa shape index (κ1) is 53.2. The molecule has 0 aromatic heterocycles. The minimum Gasteiger partial charge on any atom is -0.467 e. The average molecular weight is 953 g/mol. The third-order valence-electron chi connectivity index (χ3n) is 11.2. The minimum absolute atomic E-state index is 0.0512. The second-order valence-electron chi connectivity index (χ2n) is 16.2. The zero-order valence-electron chi connectivity index (χ0n) is 39.0. The molecule has 68 heavy (non-hydrogen) atoms. The van der Waals surface area contributed by atoms with Crippen molar-refractivity contribution in [3.05, 3.63) is 108 Å². The molecule has 370 valence electrons. The average Bonchev–Trinajstić information content (AvgIpc) is 3.31. The summed E-state index contributed by atoms with van der Waals surface area (Å²) in [6.45, 7) is 4.37. The van der Waals surface area contributed by atoms with E-state index in [1.165, 1.54) is 7.11 Å². The van der Waals surface area contributed by atoms with Crippen LogP contribution < -0.4 is 0 Å². The number of rotatable bonds is 22. The minimum atomic E-state index is -2.69. The lowest BCUT2D eigenvalue weighted by Gasteiger charge is -2.54. The molecule has 5 rings (SSSR count). The highest BCUT2D eigenvalue weighted by molar-refractivity contribution is 5.81. The molecule has 19 heteroatoms. The topological polar surface area (TPSA) is 233 Å². The number of ether oxygens (including phenoxy) is 12. The molecule has 3 aromatic rings. The van der Waals surface area contributed by atoms with Crippen molar-refractivity contribution in [2.45, 2.75) is 128 Å². The van der Waals surface area contributed by atoms with Gasteiger partial charge in [0.25, 0.3) is 0 Å². The lowest BCUT2D eigenvalue weighted by atomic mass is 9.72. The highest BCUT2D eigenvalue weighted by Gasteiger charge is 2.66. The molecule has 2 saturated heterocycles. The van der Waals surface area contributed by atoms with Crippen LogP contribution in [-0.2, 0) is 105 Å². The van der Waals surface area contributed by atoms with Crippen LogP contribution in [0.2, 0.25) is 0 Å². The predicted octanol–water partition coefficient (Wildman–Crippen LogP) is 3.71. The first-order valence-electron chi connectivity index (χ1n) is 21.9. The van der Waals surface area contributed by atoms with Gasteiger partial charge in [-0.3, -0.25) is 24.0 Å². The van der Waals surface area contributed by atoms with E-state index in [4.69, 9.17) is 56.8 Å². The van der Waals surface area contributed by atoms with E-state index < -0.39 is 122 Å². The zero-order chi connectivity index (χ0) is 49.4. The Hall–Kier alpha value is -5.80. The van der Waals surface area contributed by atoms with Gasteiger partial charge in [0, 0.05) is 54.1 Å². The van der Waals surface area contributed by atoms with Gasteiger partial charge in [-0.2, -0.15) is 0 Å². The molecule has 0 unspecified atom stereocenters. The van der Waals surface area contributed by atoms with Gasteiger partial charge in [-0.1, -0.05) is 91.0 Å². The van der Waals surface area contributed by atoms with Gasteiger partial charge in [0.1, 0.15) is 37.1 Å². The fourth-order valence-corrected chi connectivity index (χ4v) is 8.41. The number of aliphatic hydroxyl groups is 1. The summed E-state index contributed by atoms with van der Waals surface area (Å²) in [4.78, 5) is 78.4. The molecular weight excluding hydrogens is 893 g/mol. The van der Waals surface area contributed by atoms with E-state index in [1.807, 2.05) is 91.0 Å². The van der Waals surface area contributed by atoms with Crippen LogP contribution in [0.1, 0.15) is 57.7 Å². The quantitative estimate of drug-likeness (QED) is 0.112. The van der Waals surface area contributed by atoms with Crippen molar-refractivity contribution in [2.24, 2.45) is 5.92 Å². The van der Waals surface area contributed by atoms with E-state index in [2.05, 4.69) is 0 Å². The number of carbonyl (C=O) groups excluding carboxylic acids is 6. The van der Waals surface area contributed by atoms with Gasteiger partial charge in [-0.15, -0.1) is 0 Å². The molecule has 19 nitrogen and oxygen atoms in total. The maximum Gasteiger partial charge on any atom is 0.341 e. The number of hydrogen-bond donors (Lipinski definition) is 1. The maximum atomic E-state index is 14.8. The summed E-state index contributed by atoms with van der Waals surface area (Å²) in [5.41, 5.74) is -0.392. The van der Waals surface area contributed by atoms with Crippen LogP contribution in [0.3, 0.4) is 0 Å². The van der Waals surface area contributed by atoms with Crippen molar-refractivity contribution in [2.75, 3.05) is 27.4 Å². The summed E-state index contributed by atoms with van der Waals surface area (Å²) >= 11 is 0. The van der Waals surface area contributed by atoms with Gasteiger partial charge in [-0.05, 0) is 16.7 Å². The van der Waals surface area contributed by atoms with Crippen molar-refractivity contribution in [3.63, 3.8) is 0 Å². The Morgan fingerprint density at radius 3 is 1.68 bits per heavy atom. The first-order valence-corrected chi connectivity index (χ1v) is 21.9. The predicted molar refractivity (Wildman–Crippen MR) is 234 cm³/mol. The number of esters is 6. The molecule has 0 spiro atoms. The van der Waals surface area contributed by atoms with E-state index in [9.17, 15) is 33.9 Å². The van der Waals surface area contributed by atoms with Gasteiger partial charge in [0.05, 0.1) is 39.6 Å². The second-order valence-corrected chi connectivity index (χ2v) is 16.2. The van der Waals surface area contributed by atoms with Crippen molar-refractivity contribution in [3.8, 4) is 0 Å². The molecule has 0 amide bonds. The zero-order valence-corrected chi connectivity index (χ0v) is 39.0. The molecule has 0 saturated carbocycles. The number of methoxy groups -OCH3 is 2. The van der Waals surface area contributed by atoms with E-state index in [0.29, 0.717) is 0 Å². The van der Waals surface area contributed by atoms with Gasteiger partial charge in [0.15, 0.2) is 30.2 Å². The van der Waals surface area contributed by atoms with Gasteiger partial charge < -0.3 is 61.9 Å². The summed E-state index contributed by atoms with van der Waals surface area (Å²) in [5, 5.41) is 13.4. The molecular formula is C49H60O19. The van der Waals surface area contributed by atoms with Crippen molar-refractivity contribution in [1.82, 2.24) is 0 Å². The van der Waals surface area contributed by atoms with Crippen molar-refractivity contribution < 1.29 is 90.7 Å². The smallest absolute Gasteiger partial charge is 0.341 e. The first-order chi connectivity index (χ1) is 32.6. The number of benzene rings is 3. The lowest BCUT2D eigenvalue weighted by Crippen LogP contribution is -2.72. The van der Waals surface area contributed by atoms with E-state index in [1.54, 1.807) is 0 Å². The van der Waals surface area contributed by atoms with Crippen LogP contribution in [-0.4, -0.2) is 135 Å². The van der Waals surface area contributed by atoms with E-state index in [0.717, 1.165) is 58.4 Å². The maximum absolute atomic E-state index is 14.8. The molecule has 2 heterocycles. The van der Waals surface area contributed by atoms with Crippen LogP contribution in [0.25, 0.3) is 0 Å². The Bertz CT molecular complexity index is 2100. The molecule has 2 fully saturated rings. The molecule has 12 atom stereocenters. The normalized spacial score (nSPS) is 25.9. The van der Waals surface area contributed by atoms with Crippen LogP contribution >= 0.6 is 0 Å². The molecule has 2 aliphatic heterocycles. The summed E-state index contributed by atoms with van der Waals surface area (Å²) in [6, 6.07) is 27.5. The molecule has 3 aromatic carbocycles. The highest BCUT2D eigenvalue weighted by Crippen LogP contribution is 2.45. The highest BCUT2D eigenvalue weighted by atomic mass is 16.7. The SMILES string of the molecule is COC(=O)[C@@]1([C@@H](O)[C@H]2[C@@H](OCc3ccccc3)[C@@H](COCc3ccccc3)O[C@H](OC)[C@@H]2OCc2ccccc2)C[C@H](OC(C)=O)[C@@H](OC(C)=O)[C@H]([C@H](OC(C)=O)[C@@H](COC(C)=O)OC(C)=O)O1. The van der Waals surface area contributed by atoms with E-state index in [-0.39, 0.29) is 26.4 Å². The fourth-order valence-electron chi connectivity index (χ4n) is 8.41. The fraction of sp³-hybridized carbons (Fsp3) is 0.510. The third kappa shape index (κ3) is 14.4. The van der Waals surface area contributed by atoms with Crippen LogP contribution in [0, 0.1) is 5.92 Å². The second kappa shape index (κ2) is 25.5. The standard InChI is InChI=1S/C49H60O19/c1-29(50)60-28-39(64-31(3)52)43(66-33(5)54)45-42(65-32(4)53)37(63-30(2)51)23-49(68-45,48(56)58-7)46(55)40-41(61-25-35-19-13-9-14-20-35)38(27-59-24-34-17-11-8-12-18-34)67-47(57-6)44(40)62-26-36-21-15-10-16-22-36/h8-22,37-47,55H,23-28H2,1-7H3/t37-,38+,39+,40-,41-,42+,43+,44+,45+,46-,47-,49-/m0/s1. The Labute approximate surface area is 394 Å². The molecule has 1 N–H and O–H groups in total. The Morgan fingerprint density at radius 1 is 0.662 bits per heavy atom. The van der Waals surface area contributed by atoms with Crippen molar-refractivity contribution >= 4 is 35.8 Å². The van der Waals surface area contributed by atoms with Gasteiger partial charge in [-0.25, -0.2) is 4.79 Å². The van der Waals surface area contributed by atoms with Gasteiger partial charge in [0.2, 0.25) is 0 Å². The number of hydrogen-bond acceptors (Lipinski definition) is 19. The molecule has 0 aliphatic carbocycles. The molecule has 0 radical (unpaired) electrons. The lowest BCUT2D eigenvalue weighted by molar-refractivity contribution is -0.335. The largest absolute Gasteiger partial charge is 0.467 e. The van der Waals surface area contributed by atoms with E-state index >= 15 is 0 Å². The van der Waals surface area contributed by atoms with Crippen LogP contribution in [0.15, 0.2) is 91.0 Å². The van der Waals surface area contributed by atoms with Crippen molar-refractivity contribution in [1.29, 1.82) is 0 Å². The summed E-state index contributed by atoms with van der Waals surface area (Å²) in [5.74, 6) is -7.25. The molecule has 2 aliphatic rings. The number of carbonyl (C=O) groups is 6. The Morgan fingerprint density at radius 2 is 1.19 bits per heavy atom. The summed E-state index contributed by atoms with van der Waals surface area (Å²) < 4.78 is 72.2. The Balaban J connectivity index is 1.74. The summed E-state index contributed by atoms with van der Waals surface area (Å²) in [6.07, 6.45) is -16.7. The molecule has 0 bridgehead atoms.